The Morgan fingerprint density at radius 1 is 1.39 bits per heavy atom. The van der Waals surface area contributed by atoms with Crippen molar-refractivity contribution in [3.63, 3.8) is 0 Å². The first-order valence-electron chi connectivity index (χ1n) is 5.81. The van der Waals surface area contributed by atoms with Crippen LogP contribution in [0.3, 0.4) is 0 Å². The van der Waals surface area contributed by atoms with E-state index >= 15 is 0 Å². The van der Waals surface area contributed by atoms with Gasteiger partial charge in [-0.3, -0.25) is 0 Å². The Hall–Kier alpha value is -1.46. The maximum Gasteiger partial charge on any atom is 0.216 e. The van der Waals surface area contributed by atoms with Crippen molar-refractivity contribution in [2.75, 3.05) is 14.2 Å². The molecule has 0 radical (unpaired) electrons. The van der Waals surface area contributed by atoms with Gasteiger partial charge in [-0.05, 0) is 26.1 Å². The Morgan fingerprint density at radius 3 is 2.83 bits per heavy atom. The number of ether oxygens (including phenoxy) is 1. The maximum atomic E-state index is 5.11. The van der Waals surface area contributed by atoms with Crippen molar-refractivity contribution in [1.29, 1.82) is 0 Å². The highest BCUT2D eigenvalue weighted by Gasteiger charge is 2.13. The van der Waals surface area contributed by atoms with Crippen LogP contribution in [0.5, 0.6) is 5.88 Å². The molecule has 0 saturated heterocycles. The number of nitrogens with one attached hydrogen (secondary N) is 1. The minimum atomic E-state index is 0.281. The number of aromatic nitrogens is 2. The molecule has 0 aromatic carbocycles. The van der Waals surface area contributed by atoms with Crippen LogP contribution in [0.1, 0.15) is 21.5 Å². The molecule has 4 nitrogen and oxygen atoms in total. The highest BCUT2D eigenvalue weighted by atomic mass is 32.1. The molecule has 2 rings (SSSR count). The Labute approximate surface area is 111 Å². The van der Waals surface area contributed by atoms with Gasteiger partial charge in [0.05, 0.1) is 7.11 Å². The molecule has 2 aromatic heterocycles. The quantitative estimate of drug-likeness (QED) is 0.899. The number of methoxy groups -OCH3 is 1. The molecule has 5 heteroatoms. The molecule has 1 unspecified atom stereocenters. The highest BCUT2D eigenvalue weighted by molar-refractivity contribution is 7.12. The maximum absolute atomic E-state index is 5.11. The topological polar surface area (TPSA) is 47.0 Å². The molecule has 0 aliphatic heterocycles. The number of hydrogen-bond donors (Lipinski definition) is 1. The number of aryl methyl sites for hydroxylation is 1. The summed E-state index contributed by atoms with van der Waals surface area (Å²) in [4.78, 5) is 10.9. The normalized spacial score (nSPS) is 12.4. The van der Waals surface area contributed by atoms with Crippen LogP contribution in [0.25, 0.3) is 0 Å². The predicted molar refractivity (Wildman–Crippen MR) is 73.1 cm³/mol. The van der Waals surface area contributed by atoms with Crippen molar-refractivity contribution in [3.8, 4) is 5.88 Å². The lowest BCUT2D eigenvalue weighted by Gasteiger charge is -2.14. The molecule has 2 aromatic rings. The van der Waals surface area contributed by atoms with Crippen LogP contribution in [-0.4, -0.2) is 24.1 Å². The van der Waals surface area contributed by atoms with Gasteiger partial charge in [-0.25, -0.2) is 9.97 Å². The average Bonchev–Trinajstić information content (AvgIpc) is 2.82. The van der Waals surface area contributed by atoms with Crippen LogP contribution in [0.2, 0.25) is 0 Å². The second-order valence-electron chi connectivity index (χ2n) is 4.05. The summed E-state index contributed by atoms with van der Waals surface area (Å²) in [5.74, 6) is 0.609. The van der Waals surface area contributed by atoms with Gasteiger partial charge in [0.2, 0.25) is 5.88 Å². The third-order valence-corrected chi connectivity index (χ3v) is 3.89. The zero-order valence-electron chi connectivity index (χ0n) is 10.8. The first-order chi connectivity index (χ1) is 8.72. The van der Waals surface area contributed by atoms with Gasteiger partial charge in [-0.1, -0.05) is 0 Å². The molecule has 0 saturated carbocycles. The molecular weight excluding hydrogens is 246 g/mol. The van der Waals surface area contributed by atoms with Gasteiger partial charge in [-0.15, -0.1) is 11.3 Å². The minimum Gasteiger partial charge on any atom is -0.481 e. The first kappa shape index (κ1) is 13.0. The zero-order valence-corrected chi connectivity index (χ0v) is 11.6. The molecular formula is C13H17N3OS. The predicted octanol–water partition coefficient (Wildman–Crippen LogP) is 2.36. The summed E-state index contributed by atoms with van der Waals surface area (Å²) in [5.41, 5.74) is 0.979. The largest absolute Gasteiger partial charge is 0.481 e. The van der Waals surface area contributed by atoms with E-state index in [4.69, 9.17) is 4.74 Å². The van der Waals surface area contributed by atoms with Gasteiger partial charge >= 0.3 is 0 Å². The molecule has 1 N–H and O–H groups in total. The van der Waals surface area contributed by atoms with Gasteiger partial charge in [0.1, 0.15) is 6.33 Å². The minimum absolute atomic E-state index is 0.281. The monoisotopic (exact) mass is 263 g/mol. The number of rotatable bonds is 5. The van der Waals surface area contributed by atoms with Crippen molar-refractivity contribution in [2.24, 2.45) is 0 Å². The van der Waals surface area contributed by atoms with Crippen LogP contribution < -0.4 is 10.1 Å². The Kier molecular flexibility index (Phi) is 4.28. The van der Waals surface area contributed by atoms with Crippen molar-refractivity contribution in [2.45, 2.75) is 19.4 Å². The summed E-state index contributed by atoms with van der Waals surface area (Å²) in [5, 5.41) is 3.33. The van der Waals surface area contributed by atoms with E-state index in [-0.39, 0.29) is 6.04 Å². The van der Waals surface area contributed by atoms with Crippen molar-refractivity contribution >= 4 is 11.3 Å². The lowest BCUT2D eigenvalue weighted by atomic mass is 10.1. The highest BCUT2D eigenvalue weighted by Crippen LogP contribution is 2.25. The Balaban J connectivity index is 2.14. The third kappa shape index (κ3) is 3.05. The molecule has 96 valence electrons. The fourth-order valence-electron chi connectivity index (χ4n) is 1.80. The summed E-state index contributed by atoms with van der Waals surface area (Å²) >= 11 is 1.81. The van der Waals surface area contributed by atoms with Crippen molar-refractivity contribution in [1.82, 2.24) is 15.3 Å². The first-order valence-corrected chi connectivity index (χ1v) is 6.63. The molecule has 1 atom stereocenters. The Morgan fingerprint density at radius 2 is 2.22 bits per heavy atom. The lowest BCUT2D eigenvalue weighted by molar-refractivity contribution is 0.395. The van der Waals surface area contributed by atoms with E-state index in [0.29, 0.717) is 5.88 Å². The van der Waals surface area contributed by atoms with Crippen molar-refractivity contribution < 1.29 is 4.74 Å². The van der Waals surface area contributed by atoms with Gasteiger partial charge in [0.15, 0.2) is 0 Å². The number of hydrogen-bond acceptors (Lipinski definition) is 5. The van der Waals surface area contributed by atoms with Gasteiger partial charge < -0.3 is 10.1 Å². The van der Waals surface area contributed by atoms with Crippen LogP contribution in [0.4, 0.5) is 0 Å². The summed E-state index contributed by atoms with van der Waals surface area (Å²) in [7, 11) is 3.59. The van der Waals surface area contributed by atoms with Crippen LogP contribution >= 0.6 is 11.3 Å². The fraction of sp³-hybridized carbons (Fsp3) is 0.385. The standard InChI is InChI=1S/C13H17N3OS/c1-9-4-5-12(18-9)11(14-2)6-10-7-13(17-3)16-8-15-10/h4-5,7-8,11,14H,6H2,1-3H3. The number of nitrogens with zero attached hydrogens (tertiary/aromatic N) is 2. The number of thiophene rings is 1. The second-order valence-corrected chi connectivity index (χ2v) is 5.36. The molecule has 0 aliphatic carbocycles. The van der Waals surface area contributed by atoms with Crippen molar-refractivity contribution in [3.05, 3.63) is 40.0 Å². The Bertz CT molecular complexity index is 512. The molecule has 18 heavy (non-hydrogen) atoms. The number of likely N-dealkylation sites (N-methyl/N-ethyl adjacent to an activating group) is 1. The van der Waals surface area contributed by atoms with E-state index < -0.39 is 0 Å². The summed E-state index contributed by atoms with van der Waals surface area (Å²) in [6.45, 7) is 2.12. The molecule has 0 fully saturated rings. The molecule has 0 aliphatic rings. The lowest BCUT2D eigenvalue weighted by Crippen LogP contribution is -2.18. The van der Waals surface area contributed by atoms with Gasteiger partial charge in [-0.2, -0.15) is 0 Å². The van der Waals surface area contributed by atoms with E-state index in [0.717, 1.165) is 12.1 Å². The summed E-state index contributed by atoms with van der Waals surface area (Å²) < 4.78 is 5.11. The molecule has 0 bridgehead atoms. The molecule has 2 heterocycles. The zero-order chi connectivity index (χ0) is 13.0. The van der Waals surface area contributed by atoms with E-state index in [1.54, 1.807) is 13.4 Å². The van der Waals surface area contributed by atoms with E-state index in [1.165, 1.54) is 9.75 Å². The summed E-state index contributed by atoms with van der Waals surface area (Å²) in [6, 6.07) is 6.47. The second kappa shape index (κ2) is 5.93. The van der Waals surface area contributed by atoms with Gasteiger partial charge in [0.25, 0.3) is 0 Å². The summed E-state index contributed by atoms with van der Waals surface area (Å²) in [6.07, 6.45) is 2.37. The van der Waals surface area contributed by atoms with Crippen LogP contribution in [0.15, 0.2) is 24.5 Å². The third-order valence-electron chi connectivity index (χ3n) is 2.77. The van der Waals surface area contributed by atoms with Gasteiger partial charge in [0, 0.05) is 34.0 Å². The van der Waals surface area contributed by atoms with Crippen LogP contribution in [-0.2, 0) is 6.42 Å². The smallest absolute Gasteiger partial charge is 0.216 e. The molecule has 0 amide bonds. The molecule has 0 spiro atoms. The SMILES string of the molecule is CNC(Cc1cc(OC)ncn1)c1ccc(C)s1. The average molecular weight is 263 g/mol. The van der Waals surface area contributed by atoms with E-state index in [9.17, 15) is 0 Å². The van der Waals surface area contributed by atoms with E-state index in [1.807, 2.05) is 24.5 Å². The van der Waals surface area contributed by atoms with Crippen LogP contribution in [0, 0.1) is 6.92 Å². The van der Waals surface area contributed by atoms with E-state index in [2.05, 4.69) is 34.3 Å². The fourth-order valence-corrected chi connectivity index (χ4v) is 2.78.